The zero-order valence-electron chi connectivity index (χ0n) is 9.38. The van der Waals surface area contributed by atoms with E-state index in [2.05, 4.69) is 6.58 Å². The summed E-state index contributed by atoms with van der Waals surface area (Å²) in [6.07, 6.45) is 14.0. The maximum atomic E-state index is 6.03. The zero-order chi connectivity index (χ0) is 10.2. The average molecular weight is 195 g/mol. The van der Waals surface area contributed by atoms with Gasteiger partial charge in [0.2, 0.25) is 0 Å². The Hall–Kier alpha value is -0.300. The first-order valence-corrected chi connectivity index (χ1v) is 6.19. The van der Waals surface area contributed by atoms with Crippen LogP contribution in [0.3, 0.4) is 0 Å². The summed E-state index contributed by atoms with van der Waals surface area (Å²) in [6, 6.07) is 0.412. The number of rotatable bonds is 6. The van der Waals surface area contributed by atoms with E-state index in [1.165, 1.54) is 44.9 Å². The first-order chi connectivity index (χ1) is 6.83. The minimum Gasteiger partial charge on any atom is -0.328 e. The van der Waals surface area contributed by atoms with Crippen molar-refractivity contribution in [3.05, 3.63) is 12.7 Å². The van der Waals surface area contributed by atoms with Gasteiger partial charge in [-0.25, -0.2) is 0 Å². The van der Waals surface area contributed by atoms with Gasteiger partial charge in [-0.2, -0.15) is 0 Å². The predicted molar refractivity (Wildman–Crippen MR) is 63.2 cm³/mol. The summed E-state index contributed by atoms with van der Waals surface area (Å²) >= 11 is 0. The number of nitrogens with two attached hydrogens (primary N) is 1. The van der Waals surface area contributed by atoms with Crippen LogP contribution in [0.5, 0.6) is 0 Å². The van der Waals surface area contributed by atoms with Crippen LogP contribution in [0.4, 0.5) is 0 Å². The largest absolute Gasteiger partial charge is 0.328 e. The molecule has 0 saturated heterocycles. The second-order valence-corrected chi connectivity index (χ2v) is 4.71. The summed E-state index contributed by atoms with van der Waals surface area (Å²) in [4.78, 5) is 0. The van der Waals surface area contributed by atoms with Crippen molar-refractivity contribution < 1.29 is 0 Å². The molecule has 0 heterocycles. The molecule has 2 N–H and O–H groups in total. The fraction of sp³-hybridized carbons (Fsp3) is 0.846. The van der Waals surface area contributed by atoms with Gasteiger partial charge in [0.25, 0.3) is 0 Å². The van der Waals surface area contributed by atoms with Gasteiger partial charge in [0.1, 0.15) is 0 Å². The topological polar surface area (TPSA) is 26.0 Å². The summed E-state index contributed by atoms with van der Waals surface area (Å²) in [7, 11) is 0. The second-order valence-electron chi connectivity index (χ2n) is 4.71. The van der Waals surface area contributed by atoms with Gasteiger partial charge in [-0.15, -0.1) is 6.58 Å². The highest BCUT2D eigenvalue weighted by Gasteiger charge is 2.14. The van der Waals surface area contributed by atoms with Crippen molar-refractivity contribution in [3.63, 3.8) is 0 Å². The van der Waals surface area contributed by atoms with Crippen LogP contribution >= 0.6 is 0 Å². The Bertz CT molecular complexity index is 147. The molecule has 0 aromatic carbocycles. The normalized spacial score (nSPS) is 20.6. The van der Waals surface area contributed by atoms with E-state index >= 15 is 0 Å². The van der Waals surface area contributed by atoms with Gasteiger partial charge >= 0.3 is 0 Å². The Labute approximate surface area is 88.8 Å². The first-order valence-electron chi connectivity index (χ1n) is 6.19. The van der Waals surface area contributed by atoms with Crippen LogP contribution in [0.1, 0.15) is 57.8 Å². The molecule has 0 aromatic rings. The summed E-state index contributed by atoms with van der Waals surface area (Å²) in [6.45, 7) is 3.73. The monoisotopic (exact) mass is 195 g/mol. The Morgan fingerprint density at radius 1 is 1.21 bits per heavy atom. The molecule has 14 heavy (non-hydrogen) atoms. The molecule has 0 radical (unpaired) electrons. The van der Waals surface area contributed by atoms with Crippen molar-refractivity contribution in [3.8, 4) is 0 Å². The minimum atomic E-state index is 0.412. The molecule has 0 amide bonds. The molecule has 1 fully saturated rings. The molecule has 1 saturated carbocycles. The molecule has 0 aromatic heterocycles. The lowest BCUT2D eigenvalue weighted by Gasteiger charge is -2.22. The van der Waals surface area contributed by atoms with E-state index in [1.807, 2.05) is 6.08 Å². The van der Waals surface area contributed by atoms with Crippen LogP contribution < -0.4 is 5.73 Å². The van der Waals surface area contributed by atoms with Crippen molar-refractivity contribution in [2.45, 2.75) is 63.8 Å². The Kier molecular flexibility index (Phi) is 5.93. The Balaban J connectivity index is 2.03. The quantitative estimate of drug-likeness (QED) is 0.643. The van der Waals surface area contributed by atoms with E-state index in [4.69, 9.17) is 5.73 Å². The molecule has 0 aliphatic heterocycles. The van der Waals surface area contributed by atoms with Crippen molar-refractivity contribution in [2.24, 2.45) is 11.7 Å². The lowest BCUT2D eigenvalue weighted by Crippen LogP contribution is -2.21. The van der Waals surface area contributed by atoms with Gasteiger partial charge in [0.15, 0.2) is 0 Å². The van der Waals surface area contributed by atoms with Crippen LogP contribution in [-0.2, 0) is 0 Å². The average Bonchev–Trinajstić information content (AvgIpc) is 2.25. The van der Waals surface area contributed by atoms with Gasteiger partial charge in [-0.05, 0) is 31.6 Å². The third-order valence-electron chi connectivity index (χ3n) is 3.41. The minimum absolute atomic E-state index is 0.412. The lowest BCUT2D eigenvalue weighted by molar-refractivity contribution is 0.321. The van der Waals surface area contributed by atoms with Crippen LogP contribution in [-0.4, -0.2) is 6.04 Å². The fourth-order valence-corrected chi connectivity index (χ4v) is 2.40. The van der Waals surface area contributed by atoms with Crippen molar-refractivity contribution in [2.75, 3.05) is 0 Å². The van der Waals surface area contributed by atoms with Gasteiger partial charge in [-0.1, -0.05) is 38.2 Å². The maximum absolute atomic E-state index is 6.03. The van der Waals surface area contributed by atoms with E-state index < -0.39 is 0 Å². The highest BCUT2D eigenvalue weighted by Crippen LogP contribution is 2.27. The van der Waals surface area contributed by atoms with Gasteiger partial charge in [0, 0.05) is 6.04 Å². The Morgan fingerprint density at radius 3 is 2.57 bits per heavy atom. The van der Waals surface area contributed by atoms with Crippen LogP contribution in [0.25, 0.3) is 0 Å². The highest BCUT2D eigenvalue weighted by molar-refractivity contribution is 4.73. The van der Waals surface area contributed by atoms with Crippen molar-refractivity contribution in [1.29, 1.82) is 0 Å². The SMILES string of the molecule is C=CCCC(N)CCC1CCCCC1. The van der Waals surface area contributed by atoms with E-state index in [9.17, 15) is 0 Å². The van der Waals surface area contributed by atoms with Gasteiger partial charge < -0.3 is 5.73 Å². The van der Waals surface area contributed by atoms with Crippen LogP contribution in [0.15, 0.2) is 12.7 Å². The smallest absolute Gasteiger partial charge is 0.00418 e. The molecular weight excluding hydrogens is 170 g/mol. The molecule has 1 aliphatic carbocycles. The number of allylic oxidation sites excluding steroid dienone is 1. The van der Waals surface area contributed by atoms with Crippen LogP contribution in [0.2, 0.25) is 0 Å². The van der Waals surface area contributed by atoms with E-state index in [0.717, 1.165) is 18.8 Å². The molecule has 1 heteroatoms. The summed E-state index contributed by atoms with van der Waals surface area (Å²) in [5.74, 6) is 0.985. The molecule has 1 unspecified atom stereocenters. The Morgan fingerprint density at radius 2 is 1.93 bits per heavy atom. The third-order valence-corrected chi connectivity index (χ3v) is 3.41. The van der Waals surface area contributed by atoms with E-state index in [0.29, 0.717) is 6.04 Å². The first kappa shape index (κ1) is 11.8. The fourth-order valence-electron chi connectivity index (χ4n) is 2.40. The summed E-state index contributed by atoms with van der Waals surface area (Å²) in [5, 5.41) is 0. The maximum Gasteiger partial charge on any atom is 0.00418 e. The molecule has 1 aliphatic rings. The molecule has 1 nitrogen and oxygen atoms in total. The summed E-state index contributed by atoms with van der Waals surface area (Å²) in [5.41, 5.74) is 6.03. The third kappa shape index (κ3) is 4.80. The van der Waals surface area contributed by atoms with Crippen molar-refractivity contribution >= 4 is 0 Å². The molecule has 0 spiro atoms. The van der Waals surface area contributed by atoms with E-state index in [-0.39, 0.29) is 0 Å². The molecular formula is C13H25N. The van der Waals surface area contributed by atoms with Crippen LogP contribution in [0, 0.1) is 5.92 Å². The molecule has 0 bridgehead atoms. The molecule has 1 rings (SSSR count). The van der Waals surface area contributed by atoms with E-state index in [1.54, 1.807) is 0 Å². The predicted octanol–water partition coefficient (Wildman–Crippen LogP) is 3.64. The number of hydrogen-bond acceptors (Lipinski definition) is 1. The van der Waals surface area contributed by atoms with Crippen molar-refractivity contribution in [1.82, 2.24) is 0 Å². The zero-order valence-corrected chi connectivity index (χ0v) is 9.38. The lowest BCUT2D eigenvalue weighted by atomic mass is 9.85. The van der Waals surface area contributed by atoms with Gasteiger partial charge in [0.05, 0.1) is 0 Å². The highest BCUT2D eigenvalue weighted by atomic mass is 14.6. The number of hydrogen-bond donors (Lipinski definition) is 1. The summed E-state index contributed by atoms with van der Waals surface area (Å²) < 4.78 is 0. The molecule has 82 valence electrons. The second kappa shape index (κ2) is 7.05. The van der Waals surface area contributed by atoms with Gasteiger partial charge in [-0.3, -0.25) is 0 Å². The standard InChI is InChI=1S/C13H25N/c1-2-3-9-13(14)11-10-12-7-5-4-6-8-12/h2,12-13H,1,3-11,14H2. The molecule has 1 atom stereocenters.